The van der Waals surface area contributed by atoms with Crippen LogP contribution in [0.15, 0.2) is 5.11 Å². The largest absolute Gasteiger partial charge is 0.382 e. The molecule has 5 nitrogen and oxygen atoms in total. The van der Waals surface area contributed by atoms with E-state index in [0.717, 1.165) is 0 Å². The summed E-state index contributed by atoms with van der Waals surface area (Å²) in [5.41, 5.74) is 8.01. The van der Waals surface area contributed by atoms with Gasteiger partial charge in [0.2, 0.25) is 0 Å². The van der Waals surface area contributed by atoms with Crippen molar-refractivity contribution >= 4 is 7.85 Å². The first-order valence-electron chi connectivity index (χ1n) is 3.45. The van der Waals surface area contributed by atoms with Crippen LogP contribution in [0.3, 0.4) is 0 Å². The fraction of sp³-hybridized carbons (Fsp3) is 1.00. The van der Waals surface area contributed by atoms with E-state index in [2.05, 4.69) is 15.3 Å². The van der Waals surface area contributed by atoms with E-state index in [0.29, 0.717) is 19.6 Å². The van der Waals surface area contributed by atoms with Crippen molar-refractivity contribution in [2.45, 2.75) is 12.1 Å². The van der Waals surface area contributed by atoms with Gasteiger partial charge < -0.3 is 10.1 Å². The highest BCUT2D eigenvalue weighted by Gasteiger charge is 2.16. The molecule has 0 aliphatic carbocycles. The van der Waals surface area contributed by atoms with Crippen LogP contribution in [-0.4, -0.2) is 39.6 Å². The van der Waals surface area contributed by atoms with Crippen molar-refractivity contribution < 1.29 is 4.74 Å². The molecule has 11 heavy (non-hydrogen) atoms. The highest BCUT2D eigenvalue weighted by atomic mass is 16.5. The molecular weight excluding hydrogens is 143 g/mol. The van der Waals surface area contributed by atoms with Crippen molar-refractivity contribution in [2.24, 2.45) is 5.11 Å². The van der Waals surface area contributed by atoms with Crippen LogP contribution >= 0.6 is 0 Å². The molecule has 0 aromatic carbocycles. The van der Waals surface area contributed by atoms with Crippen molar-refractivity contribution in [1.29, 1.82) is 0 Å². The zero-order chi connectivity index (χ0) is 8.10. The van der Waals surface area contributed by atoms with Gasteiger partial charge in [-0.3, -0.25) is 0 Å². The third-order valence-electron chi connectivity index (χ3n) is 1.43. The molecule has 1 aliphatic rings. The van der Waals surface area contributed by atoms with Crippen molar-refractivity contribution in [2.75, 3.05) is 19.6 Å². The van der Waals surface area contributed by atoms with E-state index >= 15 is 0 Å². The number of nitrogens with zero attached hydrogens (tertiary/aromatic N) is 3. The molecule has 1 N–H and O–H groups in total. The smallest absolute Gasteiger partial charge is 0.110 e. The van der Waals surface area contributed by atoms with Gasteiger partial charge >= 0.3 is 0 Å². The number of morpholine rings is 1. The third-order valence-corrected chi connectivity index (χ3v) is 1.43. The van der Waals surface area contributed by atoms with Crippen LogP contribution in [0.1, 0.15) is 0 Å². The van der Waals surface area contributed by atoms with Crippen LogP contribution in [0, 0.1) is 0 Å². The summed E-state index contributed by atoms with van der Waals surface area (Å²) in [4.78, 5) is 2.63. The van der Waals surface area contributed by atoms with Gasteiger partial charge in [-0.2, -0.15) is 0 Å². The normalized spacial score (nSPS) is 30.9. The minimum Gasteiger partial charge on any atom is -0.382 e. The number of ether oxygens (including phenoxy) is 1. The van der Waals surface area contributed by atoms with Gasteiger partial charge in [-0.1, -0.05) is 5.11 Å². The van der Waals surface area contributed by atoms with E-state index in [-0.39, 0.29) is 12.1 Å². The molecule has 1 aliphatic heterocycles. The molecular formula is C5H9BN4O. The Morgan fingerprint density at radius 1 is 1.73 bits per heavy atom. The molecule has 6 heteroatoms. The summed E-state index contributed by atoms with van der Waals surface area (Å²) >= 11 is 0. The number of hydrogen-bond acceptors (Lipinski definition) is 3. The first-order chi connectivity index (χ1) is 5.33. The van der Waals surface area contributed by atoms with E-state index in [1.807, 2.05) is 0 Å². The standard InChI is InChI=1S/C5H9BN4O/c6-5-3-8-1-4(11-5)2-9-10-7/h4-5,8H,1-3H2. The second-order valence-corrected chi connectivity index (χ2v) is 2.37. The average molecular weight is 152 g/mol. The molecule has 2 unspecified atom stereocenters. The number of hydrogen-bond donors (Lipinski definition) is 1. The second-order valence-electron chi connectivity index (χ2n) is 2.37. The molecule has 2 radical (unpaired) electrons. The SMILES string of the molecule is [B]C1CNCC(CN=[N+]=[N-])O1. The van der Waals surface area contributed by atoms with Gasteiger partial charge in [0.15, 0.2) is 0 Å². The summed E-state index contributed by atoms with van der Waals surface area (Å²) < 4.78 is 5.24. The Balaban J connectivity index is 2.27. The lowest BCUT2D eigenvalue weighted by Crippen LogP contribution is -2.46. The summed E-state index contributed by atoms with van der Waals surface area (Å²) in [5, 5.41) is 6.45. The van der Waals surface area contributed by atoms with E-state index in [9.17, 15) is 0 Å². The predicted molar refractivity (Wildman–Crippen MR) is 41.3 cm³/mol. The van der Waals surface area contributed by atoms with Gasteiger partial charge in [0.05, 0.1) is 12.6 Å². The Labute approximate surface area is 66.1 Å². The molecule has 58 valence electrons. The third kappa shape index (κ3) is 2.80. The molecule has 1 rings (SSSR count). The minimum atomic E-state index is -0.275. The second kappa shape index (κ2) is 4.23. The molecule has 0 bridgehead atoms. The van der Waals surface area contributed by atoms with Crippen LogP contribution in [0.5, 0.6) is 0 Å². The van der Waals surface area contributed by atoms with E-state index in [4.69, 9.17) is 18.1 Å². The summed E-state index contributed by atoms with van der Waals surface area (Å²) in [7, 11) is 5.48. The Hall–Kier alpha value is -0.705. The van der Waals surface area contributed by atoms with Gasteiger partial charge in [-0.15, -0.1) is 0 Å². The maximum absolute atomic E-state index is 8.01. The number of nitrogens with one attached hydrogen (secondary N) is 1. The topological polar surface area (TPSA) is 70.0 Å². The van der Waals surface area contributed by atoms with E-state index in [1.54, 1.807) is 0 Å². The Bertz CT molecular complexity index is 170. The van der Waals surface area contributed by atoms with Gasteiger partial charge in [0.25, 0.3) is 0 Å². The average Bonchev–Trinajstić information content (AvgIpc) is 2.01. The first kappa shape index (κ1) is 8.39. The molecule has 0 aromatic rings. The van der Waals surface area contributed by atoms with E-state index < -0.39 is 0 Å². The van der Waals surface area contributed by atoms with Crippen molar-refractivity contribution in [3.8, 4) is 0 Å². The molecule has 0 saturated carbocycles. The van der Waals surface area contributed by atoms with Crippen molar-refractivity contribution in [3.63, 3.8) is 0 Å². The maximum Gasteiger partial charge on any atom is 0.110 e. The van der Waals surface area contributed by atoms with Gasteiger partial charge in [-0.25, -0.2) is 0 Å². The number of rotatable bonds is 2. The lowest BCUT2D eigenvalue weighted by Gasteiger charge is -2.27. The highest BCUT2D eigenvalue weighted by molar-refractivity contribution is 6.11. The van der Waals surface area contributed by atoms with Gasteiger partial charge in [0, 0.05) is 24.0 Å². The number of azide groups is 1. The summed E-state index contributed by atoms with van der Waals surface area (Å²) in [6, 6.07) is -0.275. The summed E-state index contributed by atoms with van der Waals surface area (Å²) in [6.45, 7) is 1.71. The zero-order valence-corrected chi connectivity index (χ0v) is 6.10. The van der Waals surface area contributed by atoms with Gasteiger partial charge in [-0.05, 0) is 5.53 Å². The molecule has 2 atom stereocenters. The summed E-state index contributed by atoms with van der Waals surface area (Å²) in [5.74, 6) is 0. The molecule has 0 aromatic heterocycles. The fourth-order valence-corrected chi connectivity index (χ4v) is 0.965. The molecule has 0 amide bonds. The Kier molecular flexibility index (Phi) is 3.23. The molecule has 1 saturated heterocycles. The van der Waals surface area contributed by atoms with Crippen molar-refractivity contribution in [1.82, 2.24) is 5.32 Å². The molecule has 1 fully saturated rings. The lowest BCUT2D eigenvalue weighted by molar-refractivity contribution is 0.0104. The Morgan fingerprint density at radius 2 is 2.55 bits per heavy atom. The zero-order valence-electron chi connectivity index (χ0n) is 6.10. The predicted octanol–water partition coefficient (Wildman–Crippen LogP) is -0.220. The van der Waals surface area contributed by atoms with Crippen LogP contribution in [-0.2, 0) is 4.74 Å². The van der Waals surface area contributed by atoms with E-state index in [1.165, 1.54) is 0 Å². The van der Waals surface area contributed by atoms with Crippen LogP contribution in [0.25, 0.3) is 10.4 Å². The minimum absolute atomic E-state index is 0.0744. The van der Waals surface area contributed by atoms with Crippen molar-refractivity contribution in [3.05, 3.63) is 10.4 Å². The quantitative estimate of drug-likeness (QED) is 0.257. The van der Waals surface area contributed by atoms with Crippen LogP contribution < -0.4 is 5.32 Å². The van der Waals surface area contributed by atoms with Crippen LogP contribution in [0.4, 0.5) is 0 Å². The molecule has 0 spiro atoms. The Morgan fingerprint density at radius 3 is 3.18 bits per heavy atom. The fourth-order valence-electron chi connectivity index (χ4n) is 0.965. The highest BCUT2D eigenvalue weighted by Crippen LogP contribution is 2.00. The molecule has 1 heterocycles. The van der Waals surface area contributed by atoms with Crippen LogP contribution in [0.2, 0.25) is 0 Å². The first-order valence-corrected chi connectivity index (χ1v) is 3.45. The summed E-state index contributed by atoms with van der Waals surface area (Å²) in [6.07, 6.45) is -0.0744. The van der Waals surface area contributed by atoms with Gasteiger partial charge in [0.1, 0.15) is 7.85 Å². The lowest BCUT2D eigenvalue weighted by atomic mass is 9.98. The monoisotopic (exact) mass is 152 g/mol. The maximum atomic E-state index is 8.01.